The standard InChI is InChI=1S/C10H13NO2/c12-7-1-6-11-8-9-2-4-10(13)5-3-9/h2-5,8,12-13H,1,6-7H2/b11-8+. The van der Waals surface area contributed by atoms with Gasteiger partial charge in [0.2, 0.25) is 0 Å². The van der Waals surface area contributed by atoms with Crippen LogP contribution in [0.2, 0.25) is 0 Å². The molecule has 0 fully saturated rings. The maximum Gasteiger partial charge on any atom is 0.115 e. The lowest BCUT2D eigenvalue weighted by Crippen LogP contribution is -1.88. The molecule has 0 saturated carbocycles. The van der Waals surface area contributed by atoms with Crippen molar-refractivity contribution in [1.82, 2.24) is 0 Å². The molecule has 1 aromatic carbocycles. The number of benzene rings is 1. The number of hydrogen-bond donors (Lipinski definition) is 2. The zero-order valence-electron chi connectivity index (χ0n) is 7.35. The molecule has 3 heteroatoms. The van der Waals surface area contributed by atoms with E-state index in [0.29, 0.717) is 13.0 Å². The average Bonchev–Trinajstić information content (AvgIpc) is 2.15. The first-order valence-corrected chi connectivity index (χ1v) is 4.22. The topological polar surface area (TPSA) is 52.8 Å². The summed E-state index contributed by atoms with van der Waals surface area (Å²) in [5.74, 6) is 0.257. The Kier molecular flexibility index (Phi) is 3.99. The highest BCUT2D eigenvalue weighted by Crippen LogP contribution is 2.07. The van der Waals surface area contributed by atoms with E-state index in [-0.39, 0.29) is 12.4 Å². The predicted molar refractivity (Wildman–Crippen MR) is 52.3 cm³/mol. The van der Waals surface area contributed by atoms with Crippen LogP contribution in [-0.2, 0) is 0 Å². The van der Waals surface area contributed by atoms with Gasteiger partial charge in [-0.05, 0) is 36.2 Å². The summed E-state index contributed by atoms with van der Waals surface area (Å²) in [6.07, 6.45) is 2.42. The molecule has 0 unspecified atom stereocenters. The summed E-state index contributed by atoms with van der Waals surface area (Å²) in [5.41, 5.74) is 0.954. The fourth-order valence-corrected chi connectivity index (χ4v) is 0.892. The number of aliphatic hydroxyl groups is 1. The number of aliphatic hydroxyl groups excluding tert-OH is 1. The van der Waals surface area contributed by atoms with Gasteiger partial charge in [0, 0.05) is 19.4 Å². The Balaban J connectivity index is 2.44. The van der Waals surface area contributed by atoms with Gasteiger partial charge in [0.25, 0.3) is 0 Å². The smallest absolute Gasteiger partial charge is 0.115 e. The van der Waals surface area contributed by atoms with Crippen LogP contribution < -0.4 is 0 Å². The molecule has 0 aromatic heterocycles. The van der Waals surface area contributed by atoms with Crippen molar-refractivity contribution in [1.29, 1.82) is 0 Å². The van der Waals surface area contributed by atoms with Crippen molar-refractivity contribution < 1.29 is 10.2 Å². The van der Waals surface area contributed by atoms with E-state index in [4.69, 9.17) is 10.2 Å². The Morgan fingerprint density at radius 3 is 2.54 bits per heavy atom. The van der Waals surface area contributed by atoms with Gasteiger partial charge < -0.3 is 10.2 Å². The van der Waals surface area contributed by atoms with Gasteiger partial charge in [-0.2, -0.15) is 0 Å². The number of phenolic OH excluding ortho intramolecular Hbond substituents is 1. The third-order valence-electron chi connectivity index (χ3n) is 1.58. The maximum absolute atomic E-state index is 8.99. The second-order valence-corrected chi connectivity index (χ2v) is 2.70. The third-order valence-corrected chi connectivity index (χ3v) is 1.58. The molecule has 2 N–H and O–H groups in total. The molecule has 0 aliphatic heterocycles. The van der Waals surface area contributed by atoms with Gasteiger partial charge in [-0.3, -0.25) is 4.99 Å². The molecule has 0 aliphatic carbocycles. The van der Waals surface area contributed by atoms with Crippen LogP contribution in [0.5, 0.6) is 5.75 Å². The van der Waals surface area contributed by atoms with Gasteiger partial charge in [0.1, 0.15) is 5.75 Å². The molecule has 0 saturated heterocycles. The number of hydrogen-bond acceptors (Lipinski definition) is 3. The first-order valence-electron chi connectivity index (χ1n) is 4.22. The van der Waals surface area contributed by atoms with Crippen LogP contribution in [0.15, 0.2) is 29.3 Å². The molecule has 0 amide bonds. The average molecular weight is 179 g/mol. The number of aliphatic imine (C=N–C) groups is 1. The monoisotopic (exact) mass is 179 g/mol. The van der Waals surface area contributed by atoms with Crippen molar-refractivity contribution in [2.45, 2.75) is 6.42 Å². The Bertz CT molecular complexity index is 267. The van der Waals surface area contributed by atoms with Crippen molar-refractivity contribution >= 4 is 6.21 Å². The fraction of sp³-hybridized carbons (Fsp3) is 0.300. The molecule has 0 aliphatic rings. The highest BCUT2D eigenvalue weighted by atomic mass is 16.3. The quantitative estimate of drug-likeness (QED) is 0.539. The van der Waals surface area contributed by atoms with Gasteiger partial charge in [-0.25, -0.2) is 0 Å². The summed E-state index contributed by atoms with van der Waals surface area (Å²) >= 11 is 0. The molecule has 0 spiro atoms. The van der Waals surface area contributed by atoms with Crippen LogP contribution in [0.1, 0.15) is 12.0 Å². The Morgan fingerprint density at radius 2 is 1.92 bits per heavy atom. The van der Waals surface area contributed by atoms with Crippen LogP contribution in [0.25, 0.3) is 0 Å². The molecule has 3 nitrogen and oxygen atoms in total. The summed E-state index contributed by atoms with van der Waals surface area (Å²) in [4.78, 5) is 4.09. The lowest BCUT2D eigenvalue weighted by atomic mass is 10.2. The number of rotatable bonds is 4. The summed E-state index contributed by atoms with van der Waals surface area (Å²) in [7, 11) is 0. The molecule has 0 atom stereocenters. The first kappa shape index (κ1) is 9.74. The van der Waals surface area contributed by atoms with Gasteiger partial charge in [-0.1, -0.05) is 0 Å². The minimum atomic E-state index is 0.174. The summed E-state index contributed by atoms with van der Waals surface area (Å²) in [5, 5.41) is 17.5. The second kappa shape index (κ2) is 5.32. The normalized spacial score (nSPS) is 10.8. The largest absolute Gasteiger partial charge is 0.508 e. The van der Waals surface area contributed by atoms with E-state index >= 15 is 0 Å². The second-order valence-electron chi connectivity index (χ2n) is 2.70. The summed E-state index contributed by atoms with van der Waals surface area (Å²) in [6.45, 7) is 0.810. The minimum absolute atomic E-state index is 0.174. The summed E-state index contributed by atoms with van der Waals surface area (Å²) < 4.78 is 0. The van der Waals surface area contributed by atoms with Crippen molar-refractivity contribution in [3.8, 4) is 5.75 Å². The van der Waals surface area contributed by atoms with Crippen LogP contribution >= 0.6 is 0 Å². The molecule has 13 heavy (non-hydrogen) atoms. The van der Waals surface area contributed by atoms with Gasteiger partial charge >= 0.3 is 0 Å². The zero-order chi connectivity index (χ0) is 9.52. The number of phenols is 1. The lowest BCUT2D eigenvalue weighted by molar-refractivity contribution is 0.291. The SMILES string of the molecule is OCCC/N=C/c1ccc(O)cc1. The van der Waals surface area contributed by atoms with Gasteiger partial charge in [0.15, 0.2) is 0 Å². The van der Waals surface area contributed by atoms with E-state index in [1.807, 2.05) is 0 Å². The van der Waals surface area contributed by atoms with E-state index < -0.39 is 0 Å². The van der Waals surface area contributed by atoms with E-state index in [0.717, 1.165) is 5.56 Å². The Labute approximate surface area is 77.4 Å². The fourth-order valence-electron chi connectivity index (χ4n) is 0.892. The first-order chi connectivity index (χ1) is 6.33. The predicted octanol–water partition coefficient (Wildman–Crippen LogP) is 1.19. The molecule has 1 rings (SSSR count). The van der Waals surface area contributed by atoms with Gasteiger partial charge in [-0.15, -0.1) is 0 Å². The molecule has 1 aromatic rings. The zero-order valence-corrected chi connectivity index (χ0v) is 7.35. The van der Waals surface area contributed by atoms with E-state index in [1.165, 1.54) is 0 Å². The van der Waals surface area contributed by atoms with Crippen molar-refractivity contribution in [2.75, 3.05) is 13.2 Å². The lowest BCUT2D eigenvalue weighted by Gasteiger charge is -1.93. The Hall–Kier alpha value is -1.35. The number of nitrogens with zero attached hydrogens (tertiary/aromatic N) is 1. The third kappa shape index (κ3) is 3.71. The number of aromatic hydroxyl groups is 1. The van der Waals surface area contributed by atoms with Crippen molar-refractivity contribution in [2.24, 2.45) is 4.99 Å². The molecular weight excluding hydrogens is 166 g/mol. The van der Waals surface area contributed by atoms with Crippen LogP contribution in [0, 0.1) is 0 Å². The van der Waals surface area contributed by atoms with Crippen LogP contribution in [0.3, 0.4) is 0 Å². The van der Waals surface area contributed by atoms with Crippen LogP contribution in [-0.4, -0.2) is 29.6 Å². The maximum atomic E-state index is 8.99. The molecule has 70 valence electrons. The van der Waals surface area contributed by atoms with Crippen molar-refractivity contribution in [3.63, 3.8) is 0 Å². The van der Waals surface area contributed by atoms with Gasteiger partial charge in [0.05, 0.1) is 0 Å². The van der Waals surface area contributed by atoms with Crippen LogP contribution in [0.4, 0.5) is 0 Å². The highest BCUT2D eigenvalue weighted by Gasteiger charge is 1.87. The van der Waals surface area contributed by atoms with Crippen molar-refractivity contribution in [3.05, 3.63) is 29.8 Å². The van der Waals surface area contributed by atoms with E-state index in [2.05, 4.69) is 4.99 Å². The molecule has 0 radical (unpaired) electrons. The minimum Gasteiger partial charge on any atom is -0.508 e. The van der Waals surface area contributed by atoms with E-state index in [1.54, 1.807) is 30.5 Å². The molecule has 0 bridgehead atoms. The summed E-state index contributed by atoms with van der Waals surface area (Å²) in [6, 6.07) is 6.82. The molecule has 0 heterocycles. The Morgan fingerprint density at radius 1 is 1.23 bits per heavy atom. The highest BCUT2D eigenvalue weighted by molar-refractivity contribution is 5.79. The molecular formula is C10H13NO2. The van der Waals surface area contributed by atoms with E-state index in [9.17, 15) is 0 Å².